The van der Waals surface area contributed by atoms with E-state index in [9.17, 15) is 9.90 Å². The number of aliphatic hydroxyl groups is 1. The number of carboxylic acid groups (broad SMARTS) is 1. The Morgan fingerprint density at radius 2 is 2.17 bits per heavy atom. The van der Waals surface area contributed by atoms with E-state index in [1.165, 1.54) is 0 Å². The molecule has 0 radical (unpaired) electrons. The molecule has 4 unspecified atom stereocenters. The molecule has 1 heterocycles. The summed E-state index contributed by atoms with van der Waals surface area (Å²) in [6.07, 6.45) is 7.94. The van der Waals surface area contributed by atoms with Crippen LogP contribution in [0, 0.1) is 23.7 Å². The molecule has 5 heteroatoms. The maximum atomic E-state index is 10.8. The minimum absolute atomic E-state index is 0.00338. The molecule has 0 bridgehead atoms. The number of hydrogen-bond acceptors (Lipinski definition) is 4. The van der Waals surface area contributed by atoms with Gasteiger partial charge in [-0.3, -0.25) is 4.79 Å². The fraction of sp³-hybridized carbons (Fsp3) is 0.520. The van der Waals surface area contributed by atoms with Crippen molar-refractivity contribution >= 4 is 12.8 Å². The van der Waals surface area contributed by atoms with E-state index in [1.807, 2.05) is 25.8 Å². The van der Waals surface area contributed by atoms with Crippen molar-refractivity contribution in [3.63, 3.8) is 0 Å². The monoisotopic (exact) mass is 412 g/mol. The molecule has 0 saturated heterocycles. The van der Waals surface area contributed by atoms with Gasteiger partial charge in [0, 0.05) is 36.7 Å². The highest BCUT2D eigenvalue weighted by molar-refractivity contribution is 5.66. The Labute approximate surface area is 179 Å². The molecule has 1 aromatic carbocycles. The number of carbonyl (C=O) groups excluding carboxylic acids is 1. The van der Waals surface area contributed by atoms with Crippen molar-refractivity contribution in [2.45, 2.75) is 70.5 Å². The van der Waals surface area contributed by atoms with Gasteiger partial charge in [-0.2, -0.15) is 0 Å². The van der Waals surface area contributed by atoms with E-state index in [0.717, 1.165) is 29.7 Å². The number of benzene rings is 1. The third-order valence-corrected chi connectivity index (χ3v) is 5.85. The van der Waals surface area contributed by atoms with Crippen LogP contribution in [0.4, 0.5) is 0 Å². The first-order valence-corrected chi connectivity index (χ1v) is 10.5. The summed E-state index contributed by atoms with van der Waals surface area (Å²) in [6, 6.07) is 6.15. The van der Waals surface area contributed by atoms with E-state index < -0.39 is 5.97 Å². The molecular weight excluding hydrogens is 380 g/mol. The average molecular weight is 413 g/mol. The van der Waals surface area contributed by atoms with Crippen LogP contribution >= 0.6 is 0 Å². The third-order valence-electron chi connectivity index (χ3n) is 5.85. The van der Waals surface area contributed by atoms with Crippen LogP contribution in [-0.4, -0.2) is 35.2 Å². The van der Waals surface area contributed by atoms with Crippen molar-refractivity contribution < 1.29 is 24.5 Å². The van der Waals surface area contributed by atoms with E-state index in [-0.39, 0.29) is 30.5 Å². The molecule has 162 valence electrons. The molecule has 2 aliphatic rings. The zero-order chi connectivity index (χ0) is 22.1. The summed E-state index contributed by atoms with van der Waals surface area (Å²) in [6.45, 7) is 6.06. The average Bonchev–Trinajstić information content (AvgIpc) is 3.23. The lowest BCUT2D eigenvalue weighted by Gasteiger charge is -2.17. The summed E-state index contributed by atoms with van der Waals surface area (Å²) in [7, 11) is 0. The summed E-state index contributed by atoms with van der Waals surface area (Å²) >= 11 is 0. The van der Waals surface area contributed by atoms with Crippen LogP contribution in [0.25, 0.3) is 0 Å². The summed E-state index contributed by atoms with van der Waals surface area (Å²) in [5.41, 5.74) is 2.24. The lowest BCUT2D eigenvalue weighted by Crippen LogP contribution is -2.16. The Kier molecular flexibility index (Phi) is 9.14. The van der Waals surface area contributed by atoms with Crippen molar-refractivity contribution in [1.29, 1.82) is 0 Å². The predicted octanol–water partition coefficient (Wildman–Crippen LogP) is 4.13. The van der Waals surface area contributed by atoms with E-state index in [0.29, 0.717) is 25.2 Å². The quantitative estimate of drug-likeness (QED) is 0.495. The number of hydrogen-bond donors (Lipinski definition) is 2. The molecule has 0 spiro atoms. The van der Waals surface area contributed by atoms with Gasteiger partial charge in [0.05, 0.1) is 6.10 Å². The van der Waals surface area contributed by atoms with Gasteiger partial charge in [0.1, 0.15) is 18.6 Å². The van der Waals surface area contributed by atoms with Gasteiger partial charge in [-0.05, 0) is 37.7 Å². The lowest BCUT2D eigenvalue weighted by molar-refractivity contribution is -0.137. The van der Waals surface area contributed by atoms with E-state index in [2.05, 4.69) is 37.0 Å². The summed E-state index contributed by atoms with van der Waals surface area (Å²) in [5, 5.41) is 19.5. The molecular formula is C25H32O5. The number of rotatable bonds is 8. The highest BCUT2D eigenvalue weighted by Crippen LogP contribution is 2.52. The number of allylic oxidation sites excluding steroid dienone is 1. The highest BCUT2D eigenvalue weighted by atomic mass is 16.5. The largest absolute Gasteiger partial charge is 0.489 e. The summed E-state index contributed by atoms with van der Waals surface area (Å²) in [4.78, 5) is 18.8. The first-order chi connectivity index (χ1) is 14.5. The second kappa shape index (κ2) is 11.6. The molecule has 1 aromatic rings. The van der Waals surface area contributed by atoms with E-state index in [1.54, 1.807) is 0 Å². The Hall–Kier alpha value is -2.58. The topological polar surface area (TPSA) is 83.8 Å². The van der Waals surface area contributed by atoms with Gasteiger partial charge in [-0.15, -0.1) is 11.8 Å². The fourth-order valence-electron chi connectivity index (χ4n) is 4.42. The molecule has 0 amide bonds. The van der Waals surface area contributed by atoms with Crippen LogP contribution in [0.5, 0.6) is 5.75 Å². The molecule has 3 rings (SSSR count). The van der Waals surface area contributed by atoms with Crippen molar-refractivity contribution in [2.24, 2.45) is 11.8 Å². The minimum Gasteiger partial charge on any atom is -0.489 e. The van der Waals surface area contributed by atoms with Crippen LogP contribution in [0.15, 0.2) is 30.4 Å². The van der Waals surface area contributed by atoms with Gasteiger partial charge in [-0.25, -0.2) is 0 Å². The smallest absolute Gasteiger partial charge is 0.303 e. The van der Waals surface area contributed by atoms with Gasteiger partial charge >= 0.3 is 5.97 Å². The molecule has 1 fully saturated rings. The Balaban J connectivity index is 0.00000155. The molecule has 0 aromatic heterocycles. The molecule has 1 aliphatic heterocycles. The molecule has 1 saturated carbocycles. The third kappa shape index (κ3) is 5.73. The number of carboxylic acids is 1. The molecule has 5 atom stereocenters. The number of para-hydroxylation sites is 1. The zero-order valence-corrected chi connectivity index (χ0v) is 17.8. The highest BCUT2D eigenvalue weighted by Gasteiger charge is 2.48. The SMILES string of the molecule is C=O.CC#CCC(C)C/C=C/C1C2c3cccc(CCCC(=O)O)c3OC2C[C@H]1O. The van der Waals surface area contributed by atoms with E-state index >= 15 is 0 Å². The molecule has 1 aliphatic carbocycles. The van der Waals surface area contributed by atoms with Gasteiger partial charge in [0.15, 0.2) is 0 Å². The van der Waals surface area contributed by atoms with Crippen LogP contribution in [0.2, 0.25) is 0 Å². The minimum atomic E-state index is -0.766. The van der Waals surface area contributed by atoms with Crippen LogP contribution in [-0.2, 0) is 16.0 Å². The maximum Gasteiger partial charge on any atom is 0.303 e. The van der Waals surface area contributed by atoms with Crippen LogP contribution in [0.1, 0.15) is 63.0 Å². The normalized spacial score (nSPS) is 24.6. The second-order valence-corrected chi connectivity index (χ2v) is 8.05. The lowest BCUT2D eigenvalue weighted by atomic mass is 9.86. The van der Waals surface area contributed by atoms with Crippen LogP contribution < -0.4 is 4.74 Å². The number of aliphatic hydroxyl groups excluding tert-OH is 1. The van der Waals surface area contributed by atoms with Crippen molar-refractivity contribution in [2.75, 3.05) is 0 Å². The Morgan fingerprint density at radius 3 is 2.87 bits per heavy atom. The van der Waals surface area contributed by atoms with Crippen molar-refractivity contribution in [1.82, 2.24) is 0 Å². The first kappa shape index (κ1) is 23.7. The van der Waals surface area contributed by atoms with Gasteiger partial charge in [0.2, 0.25) is 0 Å². The molecule has 2 N–H and O–H groups in total. The Morgan fingerprint density at radius 1 is 1.40 bits per heavy atom. The maximum absolute atomic E-state index is 10.8. The number of carbonyl (C=O) groups is 2. The predicted molar refractivity (Wildman–Crippen MR) is 116 cm³/mol. The first-order valence-electron chi connectivity index (χ1n) is 10.5. The number of fused-ring (bicyclic) bond motifs is 3. The molecule has 5 nitrogen and oxygen atoms in total. The van der Waals surface area contributed by atoms with Gasteiger partial charge in [-0.1, -0.05) is 37.3 Å². The second-order valence-electron chi connectivity index (χ2n) is 8.05. The van der Waals surface area contributed by atoms with Gasteiger partial charge in [0.25, 0.3) is 0 Å². The summed E-state index contributed by atoms with van der Waals surface area (Å²) in [5.74, 6) is 6.96. The van der Waals surface area contributed by atoms with Crippen LogP contribution in [0.3, 0.4) is 0 Å². The number of ether oxygens (including phenoxy) is 1. The van der Waals surface area contributed by atoms with Crippen molar-refractivity contribution in [3.8, 4) is 17.6 Å². The van der Waals surface area contributed by atoms with E-state index in [4.69, 9.17) is 14.6 Å². The Bertz CT molecular complexity index is 803. The summed E-state index contributed by atoms with van der Waals surface area (Å²) < 4.78 is 6.24. The fourth-order valence-corrected chi connectivity index (χ4v) is 4.42. The standard InChI is InChI=1S/C24H30O4.CH2O/c1-3-4-8-16(2)9-5-12-18-20(25)15-21-23(18)19-13-6-10-17(24(19)28-21)11-7-14-22(26)27;1-2/h5-6,10,12-13,16,18,20-21,23,25H,7-9,11,14-15H2,1-2H3,(H,26,27);1H2/b12-5+;/t16?,18?,20-,21?,23?;/m1./s1. The van der Waals surface area contributed by atoms with Gasteiger partial charge < -0.3 is 19.7 Å². The molecule has 30 heavy (non-hydrogen) atoms. The number of aryl methyl sites for hydroxylation is 1. The van der Waals surface area contributed by atoms with Crippen molar-refractivity contribution in [3.05, 3.63) is 41.5 Å². The zero-order valence-electron chi connectivity index (χ0n) is 17.8. The number of aliphatic carboxylic acids is 1.